The van der Waals surface area contributed by atoms with Gasteiger partial charge in [0, 0.05) is 14.8 Å². The van der Waals surface area contributed by atoms with Crippen molar-refractivity contribution in [2.75, 3.05) is 13.1 Å². The number of benzene rings is 1. The molecule has 1 saturated heterocycles. The molecule has 4 nitrogen and oxygen atoms in total. The summed E-state index contributed by atoms with van der Waals surface area (Å²) in [4.78, 5) is 5.81. The topological polar surface area (TPSA) is 51.0 Å². The molecule has 0 unspecified atom stereocenters. The minimum Gasteiger partial charge on any atom is -0.339 e. The van der Waals surface area contributed by atoms with E-state index in [2.05, 4.69) is 50.4 Å². The number of halogens is 1. The molecule has 1 fully saturated rings. The van der Waals surface area contributed by atoms with Gasteiger partial charge in [0.1, 0.15) is 0 Å². The lowest BCUT2D eigenvalue weighted by atomic mass is 9.81. The molecule has 0 bridgehead atoms. The quantitative estimate of drug-likeness (QED) is 0.833. The Labute approximate surface area is 137 Å². The van der Waals surface area contributed by atoms with Crippen molar-refractivity contribution >= 4 is 27.7 Å². The molecule has 3 rings (SSSR count). The van der Waals surface area contributed by atoms with Gasteiger partial charge in [0.05, 0.1) is 5.75 Å². The highest BCUT2D eigenvalue weighted by Crippen LogP contribution is 2.32. The summed E-state index contributed by atoms with van der Waals surface area (Å²) in [6.07, 6.45) is 2.10. The third-order valence-corrected chi connectivity index (χ3v) is 5.41. The van der Waals surface area contributed by atoms with E-state index in [1.54, 1.807) is 11.8 Å². The summed E-state index contributed by atoms with van der Waals surface area (Å²) >= 11 is 5.16. The van der Waals surface area contributed by atoms with Crippen LogP contribution in [0.25, 0.3) is 0 Å². The van der Waals surface area contributed by atoms with Gasteiger partial charge < -0.3 is 9.84 Å². The van der Waals surface area contributed by atoms with E-state index < -0.39 is 0 Å². The molecule has 0 aliphatic carbocycles. The summed E-state index contributed by atoms with van der Waals surface area (Å²) < 4.78 is 6.60. The molecular formula is C15H18BrN3OS. The van der Waals surface area contributed by atoms with Crippen LogP contribution in [0, 0.1) is 0 Å². The Balaban J connectivity index is 1.63. The normalized spacial score (nSPS) is 17.8. The summed E-state index contributed by atoms with van der Waals surface area (Å²) in [5, 5.41) is 7.50. The Morgan fingerprint density at radius 1 is 1.29 bits per heavy atom. The van der Waals surface area contributed by atoms with Gasteiger partial charge in [0.15, 0.2) is 5.82 Å². The highest BCUT2D eigenvalue weighted by molar-refractivity contribution is 9.10. The first-order valence-corrected chi connectivity index (χ1v) is 8.86. The molecule has 0 radical (unpaired) electrons. The van der Waals surface area contributed by atoms with E-state index in [0.717, 1.165) is 47.9 Å². The van der Waals surface area contributed by atoms with Gasteiger partial charge in [-0.25, -0.2) is 0 Å². The summed E-state index contributed by atoms with van der Waals surface area (Å²) in [6, 6.07) is 8.26. The first-order chi connectivity index (χ1) is 10.2. The number of thioether (sulfide) groups is 1. The minimum absolute atomic E-state index is 0.0266. The Kier molecular flexibility index (Phi) is 4.66. The predicted octanol–water partition coefficient (Wildman–Crippen LogP) is 3.77. The van der Waals surface area contributed by atoms with Gasteiger partial charge in [-0.05, 0) is 50.2 Å². The van der Waals surface area contributed by atoms with Crippen molar-refractivity contribution in [2.45, 2.75) is 35.8 Å². The number of piperidine rings is 1. The van der Waals surface area contributed by atoms with Crippen LogP contribution in [0.5, 0.6) is 0 Å². The number of aromatic nitrogens is 2. The first kappa shape index (κ1) is 15.1. The highest BCUT2D eigenvalue weighted by Gasteiger charge is 2.34. The van der Waals surface area contributed by atoms with Crippen molar-refractivity contribution in [3.63, 3.8) is 0 Å². The molecule has 2 aromatic rings. The fourth-order valence-electron chi connectivity index (χ4n) is 2.43. The zero-order valence-corrected chi connectivity index (χ0v) is 14.3. The number of rotatable bonds is 4. The molecule has 112 valence electrons. The highest BCUT2D eigenvalue weighted by atomic mass is 79.9. The van der Waals surface area contributed by atoms with Crippen molar-refractivity contribution in [1.29, 1.82) is 0 Å². The molecule has 0 saturated carbocycles. The number of hydrogen-bond acceptors (Lipinski definition) is 5. The van der Waals surface area contributed by atoms with E-state index in [9.17, 15) is 0 Å². The lowest BCUT2D eigenvalue weighted by Gasteiger charge is -2.30. The zero-order chi connectivity index (χ0) is 14.7. The van der Waals surface area contributed by atoms with Gasteiger partial charge in [-0.3, -0.25) is 0 Å². The van der Waals surface area contributed by atoms with Crippen molar-refractivity contribution in [3.8, 4) is 0 Å². The number of hydrogen-bond donors (Lipinski definition) is 1. The molecule has 1 aliphatic rings. The van der Waals surface area contributed by atoms with E-state index in [4.69, 9.17) is 4.52 Å². The van der Waals surface area contributed by atoms with Crippen molar-refractivity contribution in [2.24, 2.45) is 0 Å². The second-order valence-corrected chi connectivity index (χ2v) is 7.53. The molecule has 1 aliphatic heterocycles. The van der Waals surface area contributed by atoms with Crippen LogP contribution in [-0.2, 0) is 11.2 Å². The molecule has 0 amide bonds. The molecule has 0 atom stereocenters. The third kappa shape index (κ3) is 3.67. The van der Waals surface area contributed by atoms with Crippen LogP contribution in [0.2, 0.25) is 0 Å². The van der Waals surface area contributed by atoms with Crippen molar-refractivity contribution in [3.05, 3.63) is 40.5 Å². The standard InChI is InChI=1S/C15H18BrN3OS/c1-15(6-8-17-9-7-15)14-18-13(19-20-14)10-21-12-4-2-11(16)3-5-12/h2-5,17H,6-10H2,1H3. The maximum atomic E-state index is 5.50. The SMILES string of the molecule is CC1(c2nc(CSc3ccc(Br)cc3)no2)CCNCC1. The van der Waals surface area contributed by atoms with E-state index in [-0.39, 0.29) is 5.41 Å². The lowest BCUT2D eigenvalue weighted by Crippen LogP contribution is -2.37. The van der Waals surface area contributed by atoms with Crippen LogP contribution < -0.4 is 5.32 Å². The van der Waals surface area contributed by atoms with Crippen LogP contribution in [-0.4, -0.2) is 23.2 Å². The number of nitrogens with one attached hydrogen (secondary N) is 1. The van der Waals surface area contributed by atoms with Gasteiger partial charge in [0.25, 0.3) is 0 Å². The van der Waals surface area contributed by atoms with Crippen LogP contribution in [0.3, 0.4) is 0 Å². The van der Waals surface area contributed by atoms with Crippen LogP contribution >= 0.6 is 27.7 Å². The summed E-state index contributed by atoms with van der Waals surface area (Å²) in [5.74, 6) is 2.30. The van der Waals surface area contributed by atoms with E-state index in [1.807, 2.05) is 12.1 Å². The summed E-state index contributed by atoms with van der Waals surface area (Å²) in [5.41, 5.74) is 0.0266. The van der Waals surface area contributed by atoms with E-state index >= 15 is 0 Å². The average molecular weight is 368 g/mol. The minimum atomic E-state index is 0.0266. The van der Waals surface area contributed by atoms with Crippen LogP contribution in [0.15, 0.2) is 38.2 Å². The number of nitrogens with zero attached hydrogens (tertiary/aromatic N) is 2. The Bertz CT molecular complexity index is 593. The van der Waals surface area contributed by atoms with Gasteiger partial charge in [0.2, 0.25) is 5.89 Å². The Morgan fingerprint density at radius 3 is 2.71 bits per heavy atom. The molecule has 1 aromatic heterocycles. The Morgan fingerprint density at radius 2 is 2.00 bits per heavy atom. The second kappa shape index (κ2) is 6.50. The fraction of sp³-hybridized carbons (Fsp3) is 0.467. The molecule has 1 N–H and O–H groups in total. The molecular weight excluding hydrogens is 350 g/mol. The lowest BCUT2D eigenvalue weighted by molar-refractivity contribution is 0.240. The molecule has 6 heteroatoms. The van der Waals surface area contributed by atoms with Gasteiger partial charge in [-0.1, -0.05) is 28.0 Å². The average Bonchev–Trinajstić information content (AvgIpc) is 2.97. The second-order valence-electron chi connectivity index (χ2n) is 5.57. The van der Waals surface area contributed by atoms with Gasteiger partial charge in [-0.15, -0.1) is 11.8 Å². The van der Waals surface area contributed by atoms with Crippen molar-refractivity contribution < 1.29 is 4.52 Å². The Hall–Kier alpha value is -0.850. The molecule has 2 heterocycles. The summed E-state index contributed by atoms with van der Waals surface area (Å²) in [6.45, 7) is 4.25. The predicted molar refractivity (Wildman–Crippen MR) is 87.5 cm³/mol. The fourth-order valence-corrected chi connectivity index (χ4v) is 3.43. The maximum Gasteiger partial charge on any atom is 0.232 e. The zero-order valence-electron chi connectivity index (χ0n) is 11.9. The molecule has 21 heavy (non-hydrogen) atoms. The van der Waals surface area contributed by atoms with Gasteiger partial charge in [-0.2, -0.15) is 4.98 Å². The molecule has 0 spiro atoms. The third-order valence-electron chi connectivity index (χ3n) is 3.87. The van der Waals surface area contributed by atoms with Crippen LogP contribution in [0.4, 0.5) is 0 Å². The van der Waals surface area contributed by atoms with E-state index in [1.165, 1.54) is 4.90 Å². The summed E-state index contributed by atoms with van der Waals surface area (Å²) in [7, 11) is 0. The first-order valence-electron chi connectivity index (χ1n) is 7.08. The van der Waals surface area contributed by atoms with Crippen LogP contribution in [0.1, 0.15) is 31.5 Å². The molecule has 1 aromatic carbocycles. The van der Waals surface area contributed by atoms with E-state index in [0.29, 0.717) is 0 Å². The van der Waals surface area contributed by atoms with Crippen molar-refractivity contribution in [1.82, 2.24) is 15.5 Å². The monoisotopic (exact) mass is 367 g/mol. The smallest absolute Gasteiger partial charge is 0.232 e. The maximum absolute atomic E-state index is 5.50. The van der Waals surface area contributed by atoms with Gasteiger partial charge >= 0.3 is 0 Å². The largest absolute Gasteiger partial charge is 0.339 e.